The predicted molar refractivity (Wildman–Crippen MR) is 110 cm³/mol. The van der Waals surface area contributed by atoms with Gasteiger partial charge >= 0.3 is 0 Å². The lowest BCUT2D eigenvalue weighted by Gasteiger charge is -2.10. The molecule has 0 saturated carbocycles. The van der Waals surface area contributed by atoms with Gasteiger partial charge in [0.2, 0.25) is 5.91 Å². The molecule has 3 rings (SSSR count). The minimum atomic E-state index is -0.138. The quantitative estimate of drug-likeness (QED) is 0.594. The third-order valence-electron chi connectivity index (χ3n) is 3.92. The fourth-order valence-corrected chi connectivity index (χ4v) is 3.24. The molecule has 2 aromatic carbocycles. The third kappa shape index (κ3) is 4.92. The number of amides is 1. The first-order chi connectivity index (χ1) is 13.6. The van der Waals surface area contributed by atoms with Crippen LogP contribution in [0.3, 0.4) is 0 Å². The number of anilines is 3. The molecular formula is C20H21N3O4S. The smallest absolute Gasteiger partial charge is 0.230 e. The number of aromatic nitrogens is 1. The van der Waals surface area contributed by atoms with E-state index in [4.69, 9.17) is 14.2 Å². The molecule has 0 bridgehead atoms. The van der Waals surface area contributed by atoms with E-state index in [1.807, 2.05) is 23.6 Å². The highest BCUT2D eigenvalue weighted by Crippen LogP contribution is 2.32. The highest BCUT2D eigenvalue weighted by atomic mass is 32.1. The lowest BCUT2D eigenvalue weighted by atomic mass is 10.2. The standard InChI is InChI=1S/C20H21N3O4S/c1-25-15-6-4-13(5-7-15)21-19(24)10-14-12-28-20(22-14)23-17-11-16(26-2)8-9-18(17)27-3/h4-9,11-12H,10H2,1-3H3,(H,21,24)(H,22,23). The van der Waals surface area contributed by atoms with Gasteiger partial charge in [0.25, 0.3) is 0 Å². The summed E-state index contributed by atoms with van der Waals surface area (Å²) >= 11 is 1.42. The lowest BCUT2D eigenvalue weighted by molar-refractivity contribution is -0.115. The largest absolute Gasteiger partial charge is 0.497 e. The van der Waals surface area contributed by atoms with Crippen LogP contribution in [0, 0.1) is 0 Å². The Labute approximate surface area is 167 Å². The summed E-state index contributed by atoms with van der Waals surface area (Å²) in [5, 5.41) is 8.57. The molecule has 0 saturated heterocycles. The molecule has 0 fully saturated rings. The summed E-state index contributed by atoms with van der Waals surface area (Å²) in [6.45, 7) is 0. The Hall–Kier alpha value is -3.26. The van der Waals surface area contributed by atoms with E-state index >= 15 is 0 Å². The molecule has 0 spiro atoms. The number of nitrogens with one attached hydrogen (secondary N) is 2. The van der Waals surface area contributed by atoms with Crippen molar-refractivity contribution in [3.8, 4) is 17.2 Å². The number of rotatable bonds is 8. The van der Waals surface area contributed by atoms with Gasteiger partial charge in [-0.15, -0.1) is 11.3 Å². The first-order valence-corrected chi connectivity index (χ1v) is 9.36. The zero-order valence-electron chi connectivity index (χ0n) is 15.8. The second kappa shape index (κ2) is 9.09. The van der Waals surface area contributed by atoms with E-state index in [1.54, 1.807) is 45.6 Å². The van der Waals surface area contributed by atoms with Gasteiger partial charge in [-0.2, -0.15) is 0 Å². The van der Waals surface area contributed by atoms with Gasteiger partial charge in [-0.25, -0.2) is 4.98 Å². The van der Waals surface area contributed by atoms with E-state index in [1.165, 1.54) is 11.3 Å². The van der Waals surface area contributed by atoms with Crippen LogP contribution in [0.5, 0.6) is 17.2 Å². The van der Waals surface area contributed by atoms with Gasteiger partial charge in [-0.1, -0.05) is 0 Å². The minimum Gasteiger partial charge on any atom is -0.497 e. The van der Waals surface area contributed by atoms with Gasteiger partial charge in [0, 0.05) is 17.1 Å². The fraction of sp³-hybridized carbons (Fsp3) is 0.200. The van der Waals surface area contributed by atoms with E-state index < -0.39 is 0 Å². The summed E-state index contributed by atoms with van der Waals surface area (Å²) in [7, 11) is 4.81. The summed E-state index contributed by atoms with van der Waals surface area (Å²) < 4.78 is 15.7. The van der Waals surface area contributed by atoms with Crippen molar-refractivity contribution in [3.63, 3.8) is 0 Å². The van der Waals surface area contributed by atoms with Crippen molar-refractivity contribution < 1.29 is 19.0 Å². The van der Waals surface area contributed by atoms with Crippen LogP contribution in [0.1, 0.15) is 5.69 Å². The Morgan fingerprint density at radius 2 is 1.71 bits per heavy atom. The Bertz CT molecular complexity index is 941. The Morgan fingerprint density at radius 1 is 1.00 bits per heavy atom. The molecule has 1 aromatic heterocycles. The third-order valence-corrected chi connectivity index (χ3v) is 4.72. The van der Waals surface area contributed by atoms with Crippen molar-refractivity contribution in [1.82, 2.24) is 4.98 Å². The normalized spacial score (nSPS) is 10.2. The zero-order chi connectivity index (χ0) is 19.9. The van der Waals surface area contributed by atoms with E-state index in [9.17, 15) is 4.79 Å². The van der Waals surface area contributed by atoms with E-state index in [0.29, 0.717) is 28.0 Å². The van der Waals surface area contributed by atoms with Crippen LogP contribution < -0.4 is 24.8 Å². The summed E-state index contributed by atoms with van der Waals surface area (Å²) in [6, 6.07) is 12.6. The van der Waals surface area contributed by atoms with Gasteiger partial charge in [0.05, 0.1) is 39.1 Å². The molecule has 28 heavy (non-hydrogen) atoms. The monoisotopic (exact) mass is 399 g/mol. The molecule has 0 radical (unpaired) electrons. The first kappa shape index (κ1) is 19.5. The van der Waals surface area contributed by atoms with Crippen molar-refractivity contribution in [1.29, 1.82) is 0 Å². The van der Waals surface area contributed by atoms with Crippen LogP contribution in [0.15, 0.2) is 47.8 Å². The van der Waals surface area contributed by atoms with Crippen molar-refractivity contribution in [2.75, 3.05) is 32.0 Å². The Kier molecular flexibility index (Phi) is 6.33. The van der Waals surface area contributed by atoms with Crippen molar-refractivity contribution in [2.24, 2.45) is 0 Å². The topological polar surface area (TPSA) is 81.7 Å². The molecule has 8 heteroatoms. The number of hydrogen-bond acceptors (Lipinski definition) is 7. The number of hydrogen-bond donors (Lipinski definition) is 2. The lowest BCUT2D eigenvalue weighted by Crippen LogP contribution is -2.14. The van der Waals surface area contributed by atoms with Gasteiger partial charge in [0.1, 0.15) is 17.2 Å². The van der Waals surface area contributed by atoms with Crippen LogP contribution in [0.2, 0.25) is 0 Å². The molecule has 0 aliphatic carbocycles. The number of nitrogens with zero attached hydrogens (tertiary/aromatic N) is 1. The Balaban J connectivity index is 1.63. The molecule has 146 valence electrons. The number of carbonyl (C=O) groups excluding carboxylic acids is 1. The summed E-state index contributed by atoms with van der Waals surface area (Å²) in [5.74, 6) is 1.98. The minimum absolute atomic E-state index is 0.138. The molecule has 0 unspecified atom stereocenters. The van der Waals surface area contributed by atoms with Gasteiger partial charge in [0.15, 0.2) is 5.13 Å². The zero-order valence-corrected chi connectivity index (χ0v) is 16.6. The average Bonchev–Trinajstić information content (AvgIpc) is 3.15. The molecule has 3 aromatic rings. The fourth-order valence-electron chi connectivity index (χ4n) is 2.52. The van der Waals surface area contributed by atoms with E-state index in [0.717, 1.165) is 11.4 Å². The number of ether oxygens (including phenoxy) is 3. The maximum Gasteiger partial charge on any atom is 0.230 e. The molecule has 1 heterocycles. The van der Waals surface area contributed by atoms with Crippen LogP contribution >= 0.6 is 11.3 Å². The molecule has 0 aliphatic heterocycles. The number of carbonyl (C=O) groups is 1. The van der Waals surface area contributed by atoms with Crippen LogP contribution in [0.4, 0.5) is 16.5 Å². The average molecular weight is 399 g/mol. The number of methoxy groups -OCH3 is 3. The van der Waals surface area contributed by atoms with Crippen LogP contribution in [-0.4, -0.2) is 32.2 Å². The maximum absolute atomic E-state index is 12.3. The number of benzene rings is 2. The Morgan fingerprint density at radius 3 is 2.39 bits per heavy atom. The first-order valence-electron chi connectivity index (χ1n) is 8.48. The molecule has 1 amide bonds. The molecule has 0 aliphatic rings. The predicted octanol–water partition coefficient (Wildman–Crippen LogP) is 4.09. The van der Waals surface area contributed by atoms with E-state index in [2.05, 4.69) is 15.6 Å². The van der Waals surface area contributed by atoms with Crippen molar-refractivity contribution in [2.45, 2.75) is 6.42 Å². The van der Waals surface area contributed by atoms with Crippen LogP contribution in [-0.2, 0) is 11.2 Å². The van der Waals surface area contributed by atoms with Gasteiger partial charge in [-0.05, 0) is 36.4 Å². The summed E-state index contributed by atoms with van der Waals surface area (Å²) in [6.07, 6.45) is 0.180. The summed E-state index contributed by atoms with van der Waals surface area (Å²) in [5.41, 5.74) is 2.13. The second-order valence-electron chi connectivity index (χ2n) is 5.79. The second-order valence-corrected chi connectivity index (χ2v) is 6.65. The van der Waals surface area contributed by atoms with Gasteiger partial charge < -0.3 is 24.8 Å². The molecule has 2 N–H and O–H groups in total. The van der Waals surface area contributed by atoms with Crippen LogP contribution in [0.25, 0.3) is 0 Å². The number of thiazole rings is 1. The van der Waals surface area contributed by atoms with Crippen molar-refractivity contribution in [3.05, 3.63) is 53.5 Å². The molecular weight excluding hydrogens is 378 g/mol. The maximum atomic E-state index is 12.3. The highest BCUT2D eigenvalue weighted by Gasteiger charge is 2.11. The van der Waals surface area contributed by atoms with E-state index in [-0.39, 0.29) is 12.3 Å². The highest BCUT2D eigenvalue weighted by molar-refractivity contribution is 7.13. The van der Waals surface area contributed by atoms with Gasteiger partial charge in [-0.3, -0.25) is 4.79 Å². The SMILES string of the molecule is COc1ccc(NC(=O)Cc2csc(Nc3cc(OC)ccc3OC)n2)cc1. The molecule has 7 nitrogen and oxygen atoms in total. The molecule has 0 atom stereocenters. The summed E-state index contributed by atoms with van der Waals surface area (Å²) in [4.78, 5) is 16.7. The van der Waals surface area contributed by atoms with Crippen molar-refractivity contribution >= 4 is 33.8 Å².